The van der Waals surface area contributed by atoms with Gasteiger partial charge in [-0.05, 0) is 61.5 Å². The minimum atomic E-state index is -0.316. The Kier molecular flexibility index (Phi) is 7.43. The minimum absolute atomic E-state index is 0.271. The molecule has 156 valence electrons. The minimum Gasteiger partial charge on any atom is -0.497 e. The summed E-state index contributed by atoms with van der Waals surface area (Å²) in [5.74, 6) is 1.93. The molecule has 3 rings (SSSR count). The fourth-order valence-electron chi connectivity index (χ4n) is 2.61. The molecule has 1 heterocycles. The van der Waals surface area contributed by atoms with Crippen molar-refractivity contribution in [2.75, 3.05) is 32.2 Å². The zero-order valence-electron chi connectivity index (χ0n) is 16.9. The molecule has 0 bridgehead atoms. The summed E-state index contributed by atoms with van der Waals surface area (Å²) in [6.07, 6.45) is 0. The molecule has 3 aromatic rings. The molecule has 0 aliphatic carbocycles. The van der Waals surface area contributed by atoms with Gasteiger partial charge < -0.3 is 24.8 Å². The number of urea groups is 1. The van der Waals surface area contributed by atoms with Crippen molar-refractivity contribution >= 4 is 11.7 Å². The molecule has 2 aromatic carbocycles. The Morgan fingerprint density at radius 1 is 0.900 bits per heavy atom. The van der Waals surface area contributed by atoms with E-state index >= 15 is 0 Å². The van der Waals surface area contributed by atoms with Crippen molar-refractivity contribution in [1.29, 1.82) is 0 Å². The molecule has 30 heavy (non-hydrogen) atoms. The molecule has 0 spiro atoms. The Labute approximate surface area is 175 Å². The van der Waals surface area contributed by atoms with Crippen molar-refractivity contribution in [3.63, 3.8) is 0 Å². The number of hydrogen-bond acceptors (Lipinski definition) is 6. The summed E-state index contributed by atoms with van der Waals surface area (Å²) in [4.78, 5) is 11.9. The number of carbonyl (C=O) groups excluding carboxylic acids is 1. The van der Waals surface area contributed by atoms with Crippen LogP contribution in [0, 0.1) is 0 Å². The molecular weight excluding hydrogens is 384 g/mol. The molecule has 2 N–H and O–H groups in total. The molecule has 0 aliphatic heterocycles. The van der Waals surface area contributed by atoms with Gasteiger partial charge in [0, 0.05) is 17.3 Å². The third-order valence-corrected chi connectivity index (χ3v) is 4.09. The Balaban J connectivity index is 1.39. The van der Waals surface area contributed by atoms with Gasteiger partial charge in [-0.2, -0.15) is 0 Å². The maximum atomic E-state index is 11.9. The zero-order chi connectivity index (χ0) is 21.2. The van der Waals surface area contributed by atoms with Crippen LogP contribution in [0.2, 0.25) is 0 Å². The average Bonchev–Trinajstić information content (AvgIpc) is 2.79. The molecular formula is C22H24N4O4. The van der Waals surface area contributed by atoms with Gasteiger partial charge in [-0.1, -0.05) is 0 Å². The van der Waals surface area contributed by atoms with E-state index in [4.69, 9.17) is 14.2 Å². The molecule has 1 aromatic heterocycles. The molecule has 8 heteroatoms. The largest absolute Gasteiger partial charge is 0.497 e. The lowest BCUT2D eigenvalue weighted by molar-refractivity contribution is 0.246. The number of anilines is 1. The average molecular weight is 408 g/mol. The highest BCUT2D eigenvalue weighted by molar-refractivity contribution is 5.89. The van der Waals surface area contributed by atoms with Crippen LogP contribution in [0.1, 0.15) is 6.92 Å². The Morgan fingerprint density at radius 3 is 2.27 bits per heavy atom. The van der Waals surface area contributed by atoms with Crippen LogP contribution in [0.25, 0.3) is 11.3 Å². The number of nitrogens with one attached hydrogen (secondary N) is 2. The van der Waals surface area contributed by atoms with E-state index in [0.717, 1.165) is 22.8 Å². The first-order chi connectivity index (χ1) is 14.7. The number of amides is 2. The molecule has 2 amide bonds. The van der Waals surface area contributed by atoms with E-state index in [1.165, 1.54) is 0 Å². The van der Waals surface area contributed by atoms with Crippen LogP contribution in [0.4, 0.5) is 10.5 Å². The molecule has 0 saturated heterocycles. The van der Waals surface area contributed by atoms with Gasteiger partial charge in [0.2, 0.25) is 5.88 Å². The van der Waals surface area contributed by atoms with Crippen LogP contribution in [0.15, 0.2) is 60.7 Å². The Bertz CT molecular complexity index is 929. The first kappa shape index (κ1) is 20.9. The third-order valence-electron chi connectivity index (χ3n) is 4.09. The van der Waals surface area contributed by atoms with Crippen molar-refractivity contribution in [3.8, 4) is 28.6 Å². The van der Waals surface area contributed by atoms with E-state index < -0.39 is 0 Å². The predicted molar refractivity (Wildman–Crippen MR) is 114 cm³/mol. The number of methoxy groups -OCH3 is 1. The lowest BCUT2D eigenvalue weighted by Gasteiger charge is -2.09. The smallest absolute Gasteiger partial charge is 0.319 e. The van der Waals surface area contributed by atoms with Crippen LogP contribution in [0.3, 0.4) is 0 Å². The second-order valence-electron chi connectivity index (χ2n) is 6.17. The van der Waals surface area contributed by atoms with Crippen LogP contribution in [-0.2, 0) is 0 Å². The van der Waals surface area contributed by atoms with Crippen LogP contribution in [-0.4, -0.2) is 43.1 Å². The fourth-order valence-corrected chi connectivity index (χ4v) is 2.61. The summed E-state index contributed by atoms with van der Waals surface area (Å²) < 4.78 is 16.0. The number of ether oxygens (including phenoxy) is 3. The Hall–Kier alpha value is -3.81. The molecule has 0 atom stereocenters. The van der Waals surface area contributed by atoms with Gasteiger partial charge in [0.15, 0.2) is 0 Å². The van der Waals surface area contributed by atoms with Crippen LogP contribution in [0.5, 0.6) is 17.4 Å². The molecule has 0 saturated carbocycles. The lowest BCUT2D eigenvalue weighted by Crippen LogP contribution is -2.32. The monoisotopic (exact) mass is 408 g/mol. The maximum Gasteiger partial charge on any atom is 0.319 e. The SMILES string of the molecule is CCOc1ccc(NC(=O)NCCOc2ccc(-c3ccc(OC)cc3)nn2)cc1. The number of carbonyl (C=O) groups is 1. The summed E-state index contributed by atoms with van der Waals surface area (Å²) in [5, 5.41) is 13.7. The fraction of sp³-hybridized carbons (Fsp3) is 0.227. The molecule has 0 unspecified atom stereocenters. The first-order valence-corrected chi connectivity index (χ1v) is 9.56. The van der Waals surface area contributed by atoms with Crippen molar-refractivity contribution < 1.29 is 19.0 Å². The summed E-state index contributed by atoms with van der Waals surface area (Å²) in [6.45, 7) is 3.11. The number of rotatable bonds is 9. The Morgan fingerprint density at radius 2 is 1.63 bits per heavy atom. The maximum absolute atomic E-state index is 11.9. The summed E-state index contributed by atoms with van der Waals surface area (Å²) in [6, 6.07) is 18.0. The van der Waals surface area contributed by atoms with E-state index in [1.54, 1.807) is 37.4 Å². The molecule has 0 radical (unpaired) electrons. The number of benzene rings is 2. The van der Waals surface area contributed by atoms with Gasteiger partial charge in [-0.3, -0.25) is 0 Å². The van der Waals surface area contributed by atoms with Gasteiger partial charge in [0.25, 0.3) is 0 Å². The third kappa shape index (κ3) is 6.10. The van der Waals surface area contributed by atoms with Crippen LogP contribution >= 0.6 is 0 Å². The van der Waals surface area contributed by atoms with Crippen molar-refractivity contribution in [2.45, 2.75) is 6.92 Å². The quantitative estimate of drug-likeness (QED) is 0.524. The topological polar surface area (TPSA) is 94.6 Å². The second kappa shape index (κ2) is 10.7. The summed E-state index contributed by atoms with van der Waals surface area (Å²) >= 11 is 0. The number of nitrogens with zero attached hydrogens (tertiary/aromatic N) is 2. The summed E-state index contributed by atoms with van der Waals surface area (Å²) in [7, 11) is 1.62. The van der Waals surface area contributed by atoms with Crippen molar-refractivity contribution in [2.24, 2.45) is 0 Å². The predicted octanol–water partition coefficient (Wildman–Crippen LogP) is 3.75. The summed E-state index contributed by atoms with van der Waals surface area (Å²) in [5.41, 5.74) is 2.34. The number of aromatic nitrogens is 2. The van der Waals surface area contributed by atoms with Crippen LogP contribution < -0.4 is 24.8 Å². The van der Waals surface area contributed by atoms with Gasteiger partial charge >= 0.3 is 6.03 Å². The first-order valence-electron chi connectivity index (χ1n) is 9.56. The highest BCUT2D eigenvalue weighted by Gasteiger charge is 2.04. The molecule has 8 nitrogen and oxygen atoms in total. The van der Waals surface area contributed by atoms with Gasteiger partial charge in [-0.15, -0.1) is 10.2 Å². The van der Waals surface area contributed by atoms with Crippen molar-refractivity contribution in [3.05, 3.63) is 60.7 Å². The van der Waals surface area contributed by atoms with E-state index in [9.17, 15) is 4.79 Å². The normalized spacial score (nSPS) is 10.2. The number of hydrogen-bond donors (Lipinski definition) is 2. The highest BCUT2D eigenvalue weighted by atomic mass is 16.5. The van der Waals surface area contributed by atoms with E-state index in [-0.39, 0.29) is 12.6 Å². The van der Waals surface area contributed by atoms with E-state index in [0.29, 0.717) is 24.7 Å². The highest BCUT2D eigenvalue weighted by Crippen LogP contribution is 2.21. The van der Waals surface area contributed by atoms with Crippen molar-refractivity contribution in [1.82, 2.24) is 15.5 Å². The molecule has 0 aliphatic rings. The van der Waals surface area contributed by atoms with Gasteiger partial charge in [0.05, 0.1) is 26.0 Å². The molecule has 0 fully saturated rings. The lowest BCUT2D eigenvalue weighted by atomic mass is 10.1. The standard InChI is InChI=1S/C22H24N4O4/c1-3-29-19-10-6-17(7-11-19)24-22(27)23-14-15-30-21-13-12-20(25-26-21)16-4-8-18(28-2)9-5-16/h4-13H,3,14-15H2,1-2H3,(H2,23,24,27). The van der Waals surface area contributed by atoms with Gasteiger partial charge in [-0.25, -0.2) is 4.79 Å². The van der Waals surface area contributed by atoms with E-state index in [2.05, 4.69) is 20.8 Å². The second-order valence-corrected chi connectivity index (χ2v) is 6.17. The zero-order valence-corrected chi connectivity index (χ0v) is 16.9. The van der Waals surface area contributed by atoms with Gasteiger partial charge in [0.1, 0.15) is 18.1 Å². The van der Waals surface area contributed by atoms with E-state index in [1.807, 2.05) is 37.3 Å².